The molecule has 0 spiro atoms. The molecular weight excluding hydrogens is 376 g/mol. The van der Waals surface area contributed by atoms with Gasteiger partial charge in [0, 0.05) is 17.6 Å². The number of hydrogen-bond acceptors (Lipinski definition) is 6. The maximum absolute atomic E-state index is 12.7. The van der Waals surface area contributed by atoms with Crippen LogP contribution in [0.2, 0.25) is 5.15 Å². The van der Waals surface area contributed by atoms with E-state index in [1.54, 1.807) is 12.4 Å². The first-order valence-corrected chi connectivity index (χ1v) is 10.9. The largest absolute Gasteiger partial charge is 0.363 e. The summed E-state index contributed by atoms with van der Waals surface area (Å²) in [6, 6.07) is 0. The first-order valence-electron chi connectivity index (χ1n) is 10.5. The molecule has 0 aromatic carbocycles. The molecule has 1 aromatic rings. The first kappa shape index (κ1) is 18.6. The molecule has 4 N–H and O–H groups in total. The molecule has 2 heterocycles. The number of nitrogens with one attached hydrogen (secondary N) is 2. The Labute approximate surface area is 170 Å². The minimum atomic E-state index is -0.111. The Kier molecular flexibility index (Phi) is 4.52. The van der Waals surface area contributed by atoms with Crippen molar-refractivity contribution in [3.63, 3.8) is 0 Å². The van der Waals surface area contributed by atoms with Crippen molar-refractivity contribution in [3.8, 4) is 0 Å². The molecule has 28 heavy (non-hydrogen) atoms. The van der Waals surface area contributed by atoms with Crippen LogP contribution in [-0.4, -0.2) is 51.1 Å². The fraction of sp³-hybridized carbons (Fsp3) is 0.750. The van der Waals surface area contributed by atoms with E-state index >= 15 is 0 Å². The summed E-state index contributed by atoms with van der Waals surface area (Å²) in [5.41, 5.74) is 6.13. The fourth-order valence-corrected chi connectivity index (χ4v) is 6.90. The lowest BCUT2D eigenvalue weighted by Crippen LogP contribution is -2.67. The highest BCUT2D eigenvalue weighted by Gasteiger charge is 2.57. The SMILES string of the molecule is N[C@@H]1CCCN1C(=O)CNC12CC3CC(C1)CC(Nc1cncc(Cl)n1)(C3)C2. The van der Waals surface area contributed by atoms with Gasteiger partial charge in [-0.1, -0.05) is 11.6 Å². The molecule has 3 atom stereocenters. The van der Waals surface area contributed by atoms with Crippen LogP contribution in [0.25, 0.3) is 0 Å². The van der Waals surface area contributed by atoms with Gasteiger partial charge >= 0.3 is 0 Å². The number of carbonyl (C=O) groups is 1. The zero-order valence-corrected chi connectivity index (χ0v) is 16.9. The van der Waals surface area contributed by atoms with Crippen molar-refractivity contribution in [1.29, 1.82) is 0 Å². The van der Waals surface area contributed by atoms with Gasteiger partial charge in [-0.25, -0.2) is 4.98 Å². The van der Waals surface area contributed by atoms with Gasteiger partial charge in [0.15, 0.2) is 0 Å². The maximum atomic E-state index is 12.7. The number of aromatic nitrogens is 2. The summed E-state index contributed by atoms with van der Waals surface area (Å²) in [5.74, 6) is 2.28. The van der Waals surface area contributed by atoms with Crippen molar-refractivity contribution in [2.75, 3.05) is 18.4 Å². The molecule has 4 bridgehead atoms. The molecule has 4 aliphatic carbocycles. The van der Waals surface area contributed by atoms with Crippen LogP contribution < -0.4 is 16.4 Å². The Hall–Kier alpha value is -1.44. The Bertz CT molecular complexity index is 759. The fourth-order valence-electron chi connectivity index (χ4n) is 6.76. The number of anilines is 1. The van der Waals surface area contributed by atoms with Gasteiger partial charge in [-0.3, -0.25) is 9.78 Å². The topological polar surface area (TPSA) is 96.2 Å². The summed E-state index contributed by atoms with van der Waals surface area (Å²) in [4.78, 5) is 23.1. The third-order valence-corrected chi connectivity index (χ3v) is 7.48. The minimum absolute atomic E-state index is 0.0174. The predicted molar refractivity (Wildman–Crippen MR) is 108 cm³/mol. The van der Waals surface area contributed by atoms with Crippen molar-refractivity contribution in [2.24, 2.45) is 17.6 Å². The molecule has 1 aromatic heterocycles. The van der Waals surface area contributed by atoms with Crippen LogP contribution in [0.1, 0.15) is 51.4 Å². The summed E-state index contributed by atoms with van der Waals surface area (Å²) < 4.78 is 0. The number of likely N-dealkylation sites (tertiary alicyclic amines) is 1. The average molecular weight is 405 g/mol. The molecule has 7 nitrogen and oxygen atoms in total. The van der Waals surface area contributed by atoms with Gasteiger partial charge in [0.2, 0.25) is 5.91 Å². The highest BCUT2D eigenvalue weighted by atomic mass is 35.5. The molecule has 4 saturated carbocycles. The number of nitrogens with zero attached hydrogens (tertiary/aromatic N) is 3. The second-order valence-electron chi connectivity index (χ2n) is 9.52. The van der Waals surface area contributed by atoms with Crippen LogP contribution in [-0.2, 0) is 4.79 Å². The number of hydrogen-bond donors (Lipinski definition) is 3. The molecule has 2 unspecified atom stereocenters. The van der Waals surface area contributed by atoms with E-state index in [0.29, 0.717) is 23.5 Å². The van der Waals surface area contributed by atoms with Crippen LogP contribution in [0, 0.1) is 11.8 Å². The summed E-state index contributed by atoms with van der Waals surface area (Å²) in [6.07, 6.45) is 12.1. The number of halogens is 1. The zero-order valence-electron chi connectivity index (χ0n) is 16.2. The van der Waals surface area contributed by atoms with E-state index in [2.05, 4.69) is 20.6 Å². The van der Waals surface area contributed by atoms with Crippen molar-refractivity contribution < 1.29 is 4.79 Å². The van der Waals surface area contributed by atoms with Crippen molar-refractivity contribution in [2.45, 2.75) is 68.6 Å². The van der Waals surface area contributed by atoms with Gasteiger partial charge in [0.25, 0.3) is 0 Å². The molecule has 1 amide bonds. The Morgan fingerprint density at radius 3 is 2.68 bits per heavy atom. The normalized spacial score (nSPS) is 38.8. The molecule has 1 saturated heterocycles. The Morgan fingerprint density at radius 1 is 1.25 bits per heavy atom. The summed E-state index contributed by atoms with van der Waals surface area (Å²) >= 11 is 6.04. The van der Waals surface area contributed by atoms with Crippen molar-refractivity contribution >= 4 is 23.3 Å². The first-order chi connectivity index (χ1) is 13.4. The zero-order chi connectivity index (χ0) is 19.4. The van der Waals surface area contributed by atoms with E-state index < -0.39 is 0 Å². The lowest BCUT2D eigenvalue weighted by atomic mass is 9.50. The van der Waals surface area contributed by atoms with E-state index in [1.807, 2.05) is 4.90 Å². The highest BCUT2D eigenvalue weighted by molar-refractivity contribution is 6.29. The smallest absolute Gasteiger partial charge is 0.237 e. The van der Waals surface area contributed by atoms with E-state index in [9.17, 15) is 4.79 Å². The second kappa shape index (κ2) is 6.82. The van der Waals surface area contributed by atoms with Gasteiger partial charge in [-0.15, -0.1) is 0 Å². The molecular formula is C20H29ClN6O. The summed E-state index contributed by atoms with van der Waals surface area (Å²) in [6.45, 7) is 1.18. The van der Waals surface area contributed by atoms with Gasteiger partial charge in [-0.2, -0.15) is 0 Å². The third-order valence-electron chi connectivity index (χ3n) is 7.29. The maximum Gasteiger partial charge on any atom is 0.237 e. The van der Waals surface area contributed by atoms with Crippen molar-refractivity contribution in [1.82, 2.24) is 20.2 Å². The van der Waals surface area contributed by atoms with Crippen LogP contribution in [0.5, 0.6) is 0 Å². The van der Waals surface area contributed by atoms with Crippen LogP contribution in [0.15, 0.2) is 12.4 Å². The molecule has 5 fully saturated rings. The van der Waals surface area contributed by atoms with Gasteiger partial charge in [0.05, 0.1) is 25.1 Å². The van der Waals surface area contributed by atoms with Crippen LogP contribution >= 0.6 is 11.6 Å². The van der Waals surface area contributed by atoms with Gasteiger partial charge < -0.3 is 21.3 Å². The number of rotatable bonds is 5. The highest BCUT2D eigenvalue weighted by Crippen LogP contribution is 2.58. The Morgan fingerprint density at radius 2 is 2.00 bits per heavy atom. The van der Waals surface area contributed by atoms with E-state index in [-0.39, 0.29) is 23.2 Å². The quantitative estimate of drug-likeness (QED) is 0.695. The molecule has 1 aliphatic heterocycles. The number of amides is 1. The van der Waals surface area contributed by atoms with Gasteiger partial charge in [-0.05, 0) is 63.2 Å². The lowest BCUT2D eigenvalue weighted by molar-refractivity contribution is -0.132. The van der Waals surface area contributed by atoms with Crippen molar-refractivity contribution in [3.05, 3.63) is 17.5 Å². The molecule has 152 valence electrons. The average Bonchev–Trinajstić information content (AvgIpc) is 3.04. The van der Waals surface area contributed by atoms with Crippen LogP contribution in [0.3, 0.4) is 0 Å². The lowest BCUT2D eigenvalue weighted by Gasteiger charge is -2.62. The third kappa shape index (κ3) is 3.37. The van der Waals surface area contributed by atoms with E-state index in [1.165, 1.54) is 6.42 Å². The minimum Gasteiger partial charge on any atom is -0.363 e. The molecule has 0 radical (unpaired) electrons. The second-order valence-corrected chi connectivity index (χ2v) is 9.91. The van der Waals surface area contributed by atoms with Gasteiger partial charge in [0.1, 0.15) is 11.0 Å². The predicted octanol–water partition coefficient (Wildman–Crippen LogP) is 2.13. The van der Waals surface area contributed by atoms with E-state index in [0.717, 1.165) is 57.3 Å². The molecule has 8 heteroatoms. The summed E-state index contributed by atoms with van der Waals surface area (Å²) in [5, 5.41) is 7.80. The summed E-state index contributed by atoms with van der Waals surface area (Å²) in [7, 11) is 0. The molecule has 5 aliphatic rings. The monoisotopic (exact) mass is 404 g/mol. The van der Waals surface area contributed by atoms with Crippen LogP contribution in [0.4, 0.5) is 5.82 Å². The standard InChI is InChI=1S/C20H29ClN6O/c21-15-9-23-10-17(25-15)26-20-7-13-4-14(8-20)6-19(5-13,12-20)24-11-18(28)27-3-1-2-16(27)22/h9-10,13-14,16,24H,1-8,11-12,22H2,(H,25,26)/t13?,14?,16-,19?,20?/m0/s1. The number of carbonyl (C=O) groups excluding carboxylic acids is 1. The molecule has 6 rings (SSSR count). The Balaban J connectivity index is 1.31. The number of nitrogens with two attached hydrogens (primary N) is 1. The van der Waals surface area contributed by atoms with E-state index in [4.69, 9.17) is 17.3 Å².